The molecule has 6 nitrogen and oxygen atoms in total. The highest BCUT2D eigenvalue weighted by Gasteiger charge is 2.17. The van der Waals surface area contributed by atoms with Crippen molar-refractivity contribution in [2.24, 2.45) is 0 Å². The summed E-state index contributed by atoms with van der Waals surface area (Å²) in [6.45, 7) is 7.02. The summed E-state index contributed by atoms with van der Waals surface area (Å²) < 4.78 is 34.5. The van der Waals surface area contributed by atoms with Crippen LogP contribution in [0, 0.1) is 0 Å². The van der Waals surface area contributed by atoms with Crippen LogP contribution >= 0.6 is 0 Å². The van der Waals surface area contributed by atoms with Crippen molar-refractivity contribution >= 4 is 16.2 Å². The number of hydrogen-bond donors (Lipinski definition) is 2. The summed E-state index contributed by atoms with van der Waals surface area (Å²) >= 11 is 0. The van der Waals surface area contributed by atoms with Gasteiger partial charge in [-0.15, -0.1) is 0 Å². The van der Waals surface area contributed by atoms with Gasteiger partial charge in [-0.25, -0.2) is 4.79 Å². The average Bonchev–Trinajstić information content (AvgIpc) is 1.96. The fourth-order valence-corrected chi connectivity index (χ4v) is 1.68. The number of carbonyl (C=O) groups excluding carboxylic acids is 1. The van der Waals surface area contributed by atoms with Crippen molar-refractivity contribution in [1.29, 1.82) is 0 Å². The molecule has 17 heavy (non-hydrogen) atoms. The third-order valence-electron chi connectivity index (χ3n) is 1.80. The molecule has 0 aliphatic heterocycles. The van der Waals surface area contributed by atoms with Gasteiger partial charge < -0.3 is 10.1 Å². The molecular weight excluding hydrogens is 246 g/mol. The van der Waals surface area contributed by atoms with Gasteiger partial charge in [-0.3, -0.25) is 4.55 Å². The van der Waals surface area contributed by atoms with Crippen LogP contribution in [0.2, 0.25) is 0 Å². The molecule has 0 radical (unpaired) electrons. The van der Waals surface area contributed by atoms with E-state index < -0.39 is 21.8 Å². The van der Waals surface area contributed by atoms with Crippen molar-refractivity contribution < 1.29 is 22.5 Å². The summed E-state index contributed by atoms with van der Waals surface area (Å²) in [5.41, 5.74) is -0.557. The third kappa shape index (κ3) is 11.4. The highest BCUT2D eigenvalue weighted by Crippen LogP contribution is 2.07. The van der Waals surface area contributed by atoms with Gasteiger partial charge in [0.05, 0.1) is 5.75 Å². The van der Waals surface area contributed by atoms with Crippen molar-refractivity contribution in [2.45, 2.75) is 52.2 Å². The summed E-state index contributed by atoms with van der Waals surface area (Å²) in [5, 5.41) is 2.59. The van der Waals surface area contributed by atoms with Gasteiger partial charge >= 0.3 is 6.09 Å². The van der Waals surface area contributed by atoms with Crippen LogP contribution in [0.1, 0.15) is 40.5 Å². The molecule has 1 amide bonds. The van der Waals surface area contributed by atoms with Crippen LogP contribution in [0.3, 0.4) is 0 Å². The Bertz CT molecular complexity index is 344. The van der Waals surface area contributed by atoms with Crippen molar-refractivity contribution in [3.05, 3.63) is 0 Å². The lowest BCUT2D eigenvalue weighted by Crippen LogP contribution is -2.37. The molecule has 0 fully saturated rings. The second-order valence-electron chi connectivity index (χ2n) is 4.98. The minimum absolute atomic E-state index is 0.202. The number of carbonyl (C=O) groups is 1. The van der Waals surface area contributed by atoms with E-state index in [4.69, 9.17) is 9.29 Å². The molecule has 0 heterocycles. The Kier molecular flexibility index (Phi) is 5.91. The maximum absolute atomic E-state index is 11.3. The van der Waals surface area contributed by atoms with E-state index in [1.54, 1.807) is 27.7 Å². The second kappa shape index (κ2) is 6.20. The van der Waals surface area contributed by atoms with E-state index in [1.165, 1.54) is 0 Å². The lowest BCUT2D eigenvalue weighted by molar-refractivity contribution is 0.0506. The summed E-state index contributed by atoms with van der Waals surface area (Å²) in [7, 11) is -3.92. The van der Waals surface area contributed by atoms with Crippen molar-refractivity contribution in [3.63, 3.8) is 0 Å². The smallest absolute Gasteiger partial charge is 0.407 e. The molecule has 7 heteroatoms. The van der Waals surface area contributed by atoms with E-state index in [0.717, 1.165) is 0 Å². The minimum Gasteiger partial charge on any atom is -0.444 e. The summed E-state index contributed by atoms with van der Waals surface area (Å²) in [4.78, 5) is 11.3. The number of hydrogen-bond acceptors (Lipinski definition) is 4. The topological polar surface area (TPSA) is 92.7 Å². The monoisotopic (exact) mass is 267 g/mol. The maximum atomic E-state index is 11.3. The molecule has 2 N–H and O–H groups in total. The van der Waals surface area contributed by atoms with Crippen molar-refractivity contribution in [1.82, 2.24) is 5.32 Å². The minimum atomic E-state index is -3.92. The molecule has 0 aliphatic rings. The number of nitrogens with one attached hydrogen (secondary N) is 1. The molecule has 1 atom stereocenters. The first kappa shape index (κ1) is 16.2. The van der Waals surface area contributed by atoms with Crippen LogP contribution in [-0.4, -0.2) is 36.5 Å². The summed E-state index contributed by atoms with van der Waals surface area (Å²) in [6.07, 6.45) is 0.214. The van der Waals surface area contributed by atoms with E-state index in [0.29, 0.717) is 6.42 Å². The van der Waals surface area contributed by atoms with Gasteiger partial charge in [-0.05, 0) is 40.5 Å². The standard InChI is InChI=1S/C10H21NO5S/c1-8(6-5-7-17(13,14)15)11-9(12)16-10(2,3)4/h8H,5-7H2,1-4H3,(H,11,12)(H,13,14,15). The summed E-state index contributed by atoms with van der Waals surface area (Å²) in [5.74, 6) is -0.298. The van der Waals surface area contributed by atoms with Crippen LogP contribution in [0.5, 0.6) is 0 Å². The first-order valence-corrected chi connectivity index (χ1v) is 7.05. The van der Waals surface area contributed by atoms with Crippen LogP contribution in [-0.2, 0) is 14.9 Å². The van der Waals surface area contributed by atoms with Crippen molar-refractivity contribution in [2.75, 3.05) is 5.75 Å². The van der Waals surface area contributed by atoms with E-state index in [1.807, 2.05) is 0 Å². The van der Waals surface area contributed by atoms with Gasteiger partial charge in [0.1, 0.15) is 5.60 Å². The lowest BCUT2D eigenvalue weighted by atomic mass is 10.2. The zero-order valence-electron chi connectivity index (χ0n) is 10.7. The quantitative estimate of drug-likeness (QED) is 0.737. The van der Waals surface area contributed by atoms with E-state index in [2.05, 4.69) is 5.32 Å². The highest BCUT2D eigenvalue weighted by molar-refractivity contribution is 7.85. The molecule has 102 valence electrons. The Labute approximate surface area is 102 Å². The van der Waals surface area contributed by atoms with E-state index in [9.17, 15) is 13.2 Å². The fraction of sp³-hybridized carbons (Fsp3) is 0.900. The van der Waals surface area contributed by atoms with Crippen LogP contribution < -0.4 is 5.32 Å². The van der Waals surface area contributed by atoms with Gasteiger partial charge in [-0.2, -0.15) is 8.42 Å². The van der Waals surface area contributed by atoms with Crippen LogP contribution in [0.15, 0.2) is 0 Å². The highest BCUT2D eigenvalue weighted by atomic mass is 32.2. The maximum Gasteiger partial charge on any atom is 0.407 e. The second-order valence-corrected chi connectivity index (χ2v) is 6.55. The largest absolute Gasteiger partial charge is 0.444 e. The molecule has 1 unspecified atom stereocenters. The van der Waals surface area contributed by atoms with Gasteiger partial charge in [0.15, 0.2) is 0 Å². The van der Waals surface area contributed by atoms with Crippen LogP contribution in [0.25, 0.3) is 0 Å². The SMILES string of the molecule is CC(CCCS(=O)(=O)O)NC(=O)OC(C)(C)C. The Hall–Kier alpha value is -0.820. The Morgan fingerprint density at radius 1 is 1.41 bits per heavy atom. The molecule has 0 saturated heterocycles. The third-order valence-corrected chi connectivity index (χ3v) is 2.61. The molecule has 0 rings (SSSR count). The molecular formula is C10H21NO5S. The van der Waals surface area contributed by atoms with Gasteiger partial charge in [0.2, 0.25) is 0 Å². The molecule has 0 spiro atoms. The average molecular weight is 267 g/mol. The zero-order chi connectivity index (χ0) is 13.7. The Morgan fingerprint density at radius 2 is 1.94 bits per heavy atom. The molecule has 0 saturated carbocycles. The Balaban J connectivity index is 3.87. The molecule has 0 aliphatic carbocycles. The van der Waals surface area contributed by atoms with Crippen LogP contribution in [0.4, 0.5) is 4.79 Å². The van der Waals surface area contributed by atoms with Gasteiger partial charge in [0, 0.05) is 6.04 Å². The fourth-order valence-electron chi connectivity index (χ4n) is 1.15. The normalized spacial score (nSPS) is 14.2. The zero-order valence-corrected chi connectivity index (χ0v) is 11.5. The van der Waals surface area contributed by atoms with E-state index in [-0.39, 0.29) is 18.2 Å². The van der Waals surface area contributed by atoms with Gasteiger partial charge in [0.25, 0.3) is 10.1 Å². The number of alkyl carbamates (subject to hydrolysis) is 1. The molecule has 0 aromatic heterocycles. The predicted molar refractivity (Wildman–Crippen MR) is 64.5 cm³/mol. The lowest BCUT2D eigenvalue weighted by Gasteiger charge is -2.21. The van der Waals surface area contributed by atoms with Gasteiger partial charge in [-0.1, -0.05) is 0 Å². The van der Waals surface area contributed by atoms with E-state index >= 15 is 0 Å². The molecule has 0 aromatic rings. The summed E-state index contributed by atoms with van der Waals surface area (Å²) in [6, 6.07) is -0.202. The first-order valence-electron chi connectivity index (χ1n) is 5.44. The number of rotatable bonds is 5. The number of amides is 1. The molecule has 0 aromatic carbocycles. The predicted octanol–water partition coefficient (Wildman–Crippen LogP) is 1.57. The molecule has 0 bridgehead atoms. The van der Waals surface area contributed by atoms with Crippen molar-refractivity contribution in [3.8, 4) is 0 Å². The Morgan fingerprint density at radius 3 is 2.35 bits per heavy atom. The number of ether oxygens (including phenoxy) is 1. The first-order chi connectivity index (χ1) is 7.49.